The van der Waals surface area contributed by atoms with Crippen LogP contribution in [0.2, 0.25) is 5.02 Å². The minimum absolute atomic E-state index is 0.0715. The second-order valence-electron chi connectivity index (χ2n) is 7.77. The Labute approximate surface area is 179 Å². The molecule has 1 aliphatic rings. The van der Waals surface area contributed by atoms with Crippen molar-refractivity contribution in [1.29, 1.82) is 0 Å². The van der Waals surface area contributed by atoms with Crippen LogP contribution in [0.5, 0.6) is 5.75 Å². The Bertz CT molecular complexity index is 744. The molecule has 0 aliphatic carbocycles. The summed E-state index contributed by atoms with van der Waals surface area (Å²) in [6.07, 6.45) is 2.69. The maximum atomic E-state index is 12.2. The molecule has 1 saturated heterocycles. The third kappa shape index (κ3) is 5.52. The Hall–Kier alpha value is -1.59. The summed E-state index contributed by atoms with van der Waals surface area (Å²) in [5.41, 5.74) is 1.06. The molecule has 2 aromatic carbocycles. The molecule has 1 fully saturated rings. The van der Waals surface area contributed by atoms with Crippen molar-refractivity contribution in [2.75, 3.05) is 40.0 Å². The van der Waals surface area contributed by atoms with Gasteiger partial charge in [-0.05, 0) is 41.8 Å². The van der Waals surface area contributed by atoms with Crippen LogP contribution in [0.15, 0.2) is 48.5 Å². The second-order valence-corrected chi connectivity index (χ2v) is 8.21. The van der Waals surface area contributed by atoms with Crippen molar-refractivity contribution in [3.05, 3.63) is 64.7 Å². The lowest BCUT2D eigenvalue weighted by Gasteiger charge is -2.41. The molecule has 0 radical (unpaired) electrons. The molecule has 0 aromatic heterocycles. The van der Waals surface area contributed by atoms with Crippen molar-refractivity contribution in [2.24, 2.45) is 0 Å². The predicted molar refractivity (Wildman–Crippen MR) is 118 cm³/mol. The van der Waals surface area contributed by atoms with E-state index in [9.17, 15) is 5.11 Å². The molecule has 1 heterocycles. The van der Waals surface area contributed by atoms with Crippen LogP contribution < -0.4 is 4.74 Å². The molecule has 0 saturated carbocycles. The Morgan fingerprint density at radius 1 is 1.10 bits per heavy atom. The Kier molecular flexibility index (Phi) is 7.96. The molecule has 29 heavy (non-hydrogen) atoms. The lowest BCUT2D eigenvalue weighted by Crippen LogP contribution is -2.45. The van der Waals surface area contributed by atoms with Gasteiger partial charge in [0.1, 0.15) is 5.75 Å². The lowest BCUT2D eigenvalue weighted by molar-refractivity contribution is -0.0293. The van der Waals surface area contributed by atoms with Gasteiger partial charge in [-0.15, -0.1) is 0 Å². The van der Waals surface area contributed by atoms with Gasteiger partial charge in [-0.25, -0.2) is 0 Å². The molecule has 0 bridgehead atoms. The van der Waals surface area contributed by atoms with Gasteiger partial charge in [-0.3, -0.25) is 4.90 Å². The summed E-state index contributed by atoms with van der Waals surface area (Å²) in [5.74, 6) is 0.723. The quantitative estimate of drug-likeness (QED) is 0.633. The van der Waals surface area contributed by atoms with E-state index in [1.165, 1.54) is 0 Å². The van der Waals surface area contributed by atoms with E-state index in [1.807, 2.05) is 48.5 Å². The number of methoxy groups -OCH3 is 1. The number of aliphatic hydroxyl groups is 1. The average molecular weight is 418 g/mol. The largest absolute Gasteiger partial charge is 0.497 e. The summed E-state index contributed by atoms with van der Waals surface area (Å²) in [6.45, 7) is 6.19. The summed E-state index contributed by atoms with van der Waals surface area (Å²) in [7, 11) is 1.66. The van der Waals surface area contributed by atoms with Gasteiger partial charge in [0.15, 0.2) is 0 Å². The third-order valence-electron chi connectivity index (χ3n) is 5.89. The molecular formula is C24H32ClNO3. The minimum Gasteiger partial charge on any atom is -0.497 e. The van der Waals surface area contributed by atoms with Crippen LogP contribution in [0.3, 0.4) is 0 Å². The van der Waals surface area contributed by atoms with Gasteiger partial charge in [0, 0.05) is 30.6 Å². The normalized spacial score (nSPS) is 18.2. The van der Waals surface area contributed by atoms with Gasteiger partial charge in [0.2, 0.25) is 0 Å². The van der Waals surface area contributed by atoms with Crippen LogP contribution in [0.1, 0.15) is 43.2 Å². The van der Waals surface area contributed by atoms with Gasteiger partial charge in [0.05, 0.1) is 25.9 Å². The van der Waals surface area contributed by atoms with E-state index in [4.69, 9.17) is 21.1 Å². The number of nitrogens with zero attached hydrogens (tertiary/aromatic N) is 1. The zero-order valence-corrected chi connectivity index (χ0v) is 18.2. The van der Waals surface area contributed by atoms with Crippen molar-refractivity contribution in [2.45, 2.75) is 37.7 Å². The molecule has 3 rings (SSSR count). The molecule has 2 atom stereocenters. The zero-order chi connectivity index (χ0) is 20.7. The topological polar surface area (TPSA) is 41.9 Å². The minimum atomic E-state index is -0.978. The molecule has 0 unspecified atom stereocenters. The number of rotatable bonds is 9. The summed E-state index contributed by atoms with van der Waals surface area (Å²) in [4.78, 5) is 2.39. The van der Waals surface area contributed by atoms with Gasteiger partial charge < -0.3 is 14.6 Å². The molecule has 1 aliphatic heterocycles. The molecule has 0 spiro atoms. The first kappa shape index (κ1) is 22.1. The highest BCUT2D eigenvalue weighted by molar-refractivity contribution is 6.30. The van der Waals surface area contributed by atoms with E-state index in [-0.39, 0.29) is 5.92 Å². The summed E-state index contributed by atoms with van der Waals surface area (Å²) < 4.78 is 10.9. The molecule has 158 valence electrons. The number of ether oxygens (including phenoxy) is 2. The molecule has 5 heteroatoms. The fourth-order valence-electron chi connectivity index (χ4n) is 4.11. The van der Waals surface area contributed by atoms with E-state index in [2.05, 4.69) is 11.8 Å². The Morgan fingerprint density at radius 2 is 1.76 bits per heavy atom. The molecule has 0 amide bonds. The van der Waals surface area contributed by atoms with Crippen molar-refractivity contribution < 1.29 is 14.6 Å². The van der Waals surface area contributed by atoms with Crippen LogP contribution in [0.25, 0.3) is 0 Å². The Balaban J connectivity index is 2.00. The highest BCUT2D eigenvalue weighted by Gasteiger charge is 2.40. The van der Waals surface area contributed by atoms with Crippen molar-refractivity contribution in [3.63, 3.8) is 0 Å². The fraction of sp³-hybridized carbons (Fsp3) is 0.500. The first-order chi connectivity index (χ1) is 14.1. The van der Waals surface area contributed by atoms with E-state index in [1.54, 1.807) is 7.11 Å². The fourth-order valence-corrected chi connectivity index (χ4v) is 4.24. The summed E-state index contributed by atoms with van der Waals surface area (Å²) >= 11 is 6.15. The zero-order valence-electron chi connectivity index (χ0n) is 17.4. The van der Waals surface area contributed by atoms with E-state index in [0.717, 1.165) is 62.6 Å². The molecule has 4 nitrogen and oxygen atoms in total. The van der Waals surface area contributed by atoms with Gasteiger partial charge in [-0.2, -0.15) is 0 Å². The van der Waals surface area contributed by atoms with E-state index >= 15 is 0 Å². The SMILES string of the molecule is CCCC[C@](O)(c1ccc(OC)cc1)[C@@H](CN1CCOCC1)c1ccc(Cl)cc1. The smallest absolute Gasteiger partial charge is 0.118 e. The number of unbranched alkanes of at least 4 members (excludes halogenated alkanes) is 1. The van der Waals surface area contributed by atoms with Gasteiger partial charge in [-0.1, -0.05) is 55.6 Å². The predicted octanol–water partition coefficient (Wildman–Crippen LogP) is 4.84. The van der Waals surface area contributed by atoms with Gasteiger partial charge in [0.25, 0.3) is 0 Å². The molecule has 2 aromatic rings. The first-order valence-electron chi connectivity index (χ1n) is 10.5. The van der Waals surface area contributed by atoms with Crippen molar-refractivity contribution in [3.8, 4) is 5.75 Å². The second kappa shape index (κ2) is 10.4. The Morgan fingerprint density at radius 3 is 2.34 bits per heavy atom. The maximum absolute atomic E-state index is 12.2. The van der Waals surface area contributed by atoms with Crippen molar-refractivity contribution >= 4 is 11.6 Å². The standard InChI is InChI=1S/C24H32ClNO3/c1-3-4-13-24(27,20-7-11-22(28-2)12-8-20)23(18-26-14-16-29-17-15-26)19-5-9-21(25)10-6-19/h5-12,23,27H,3-4,13-18H2,1-2H3/t23-,24-/m0/s1. The number of morpholine rings is 1. The van der Waals surface area contributed by atoms with Gasteiger partial charge >= 0.3 is 0 Å². The average Bonchev–Trinajstić information content (AvgIpc) is 2.77. The summed E-state index contributed by atoms with van der Waals surface area (Å²) in [6, 6.07) is 15.8. The van der Waals surface area contributed by atoms with Crippen molar-refractivity contribution in [1.82, 2.24) is 4.90 Å². The third-order valence-corrected chi connectivity index (χ3v) is 6.15. The number of hydrogen-bond acceptors (Lipinski definition) is 4. The lowest BCUT2D eigenvalue weighted by atomic mass is 9.74. The number of halogens is 1. The van der Waals surface area contributed by atoms with Crippen LogP contribution >= 0.6 is 11.6 Å². The van der Waals surface area contributed by atoms with Crippen LogP contribution in [-0.4, -0.2) is 50.0 Å². The molecular weight excluding hydrogens is 386 g/mol. The molecule has 1 N–H and O–H groups in total. The van der Waals surface area contributed by atoms with Crippen LogP contribution in [0, 0.1) is 0 Å². The number of hydrogen-bond donors (Lipinski definition) is 1. The maximum Gasteiger partial charge on any atom is 0.118 e. The number of benzene rings is 2. The summed E-state index contributed by atoms with van der Waals surface area (Å²) in [5, 5.41) is 12.9. The van der Waals surface area contributed by atoms with E-state index < -0.39 is 5.60 Å². The monoisotopic (exact) mass is 417 g/mol. The highest BCUT2D eigenvalue weighted by atomic mass is 35.5. The highest BCUT2D eigenvalue weighted by Crippen LogP contribution is 2.42. The first-order valence-corrected chi connectivity index (χ1v) is 10.9. The van der Waals surface area contributed by atoms with Crippen LogP contribution in [-0.2, 0) is 10.3 Å². The van der Waals surface area contributed by atoms with Crippen LogP contribution in [0.4, 0.5) is 0 Å². The van der Waals surface area contributed by atoms with E-state index in [0.29, 0.717) is 11.4 Å².